The van der Waals surface area contributed by atoms with Crippen LogP contribution in [0.15, 0.2) is 28.8 Å². The summed E-state index contributed by atoms with van der Waals surface area (Å²) in [7, 11) is 0. The Morgan fingerprint density at radius 2 is 1.72 bits per heavy atom. The minimum absolute atomic E-state index is 0.0821. The lowest BCUT2D eigenvalue weighted by atomic mass is 9.57. The number of rotatable bonds is 6. The van der Waals surface area contributed by atoms with E-state index in [-0.39, 0.29) is 47.1 Å². The van der Waals surface area contributed by atoms with Crippen LogP contribution in [-0.4, -0.2) is 116 Å². The molecule has 0 radical (unpaired) electrons. The minimum atomic E-state index is -1.16. The maximum absolute atomic E-state index is 12.0. The summed E-state index contributed by atoms with van der Waals surface area (Å²) in [5, 5.41) is 43.8. The first-order chi connectivity index (χ1) is 27.5. The molecule has 8 rings (SSSR count). The summed E-state index contributed by atoms with van der Waals surface area (Å²) < 4.78 is 35.3. The van der Waals surface area contributed by atoms with Crippen molar-refractivity contribution in [1.29, 1.82) is 0 Å². The lowest BCUT2D eigenvalue weighted by Gasteiger charge is -2.50. The van der Waals surface area contributed by atoms with E-state index in [9.17, 15) is 25.2 Å². The molecule has 12 nitrogen and oxygen atoms in total. The number of aliphatic hydroxyl groups excluding tert-OH is 2. The molecule has 16 atom stereocenters. The molecule has 4 spiro atoms. The molecule has 1 aliphatic carbocycles. The van der Waals surface area contributed by atoms with Crippen molar-refractivity contribution < 1.29 is 48.9 Å². The van der Waals surface area contributed by atoms with Crippen molar-refractivity contribution in [3.63, 3.8) is 0 Å². The molecule has 0 aromatic carbocycles. The predicted octanol–water partition coefficient (Wildman–Crippen LogP) is 6.04. The van der Waals surface area contributed by atoms with Crippen LogP contribution in [0.4, 0.5) is 0 Å². The van der Waals surface area contributed by atoms with Gasteiger partial charge in [0, 0.05) is 66.7 Å². The molecule has 58 heavy (non-hydrogen) atoms. The van der Waals surface area contributed by atoms with E-state index < -0.39 is 53.3 Å². The molecule has 6 fully saturated rings. The van der Waals surface area contributed by atoms with E-state index in [2.05, 4.69) is 33.4 Å². The third-order valence-electron chi connectivity index (χ3n) is 15.8. The highest BCUT2D eigenvalue weighted by molar-refractivity contribution is 8.00. The molecule has 6 N–H and O–H groups in total. The van der Waals surface area contributed by atoms with Gasteiger partial charge in [-0.15, -0.1) is 11.8 Å². The second kappa shape index (κ2) is 16.4. The molecule has 6 saturated heterocycles. The highest BCUT2D eigenvalue weighted by Crippen LogP contribution is 2.59. The van der Waals surface area contributed by atoms with E-state index in [0.29, 0.717) is 50.4 Å². The van der Waals surface area contributed by atoms with Crippen molar-refractivity contribution >= 4 is 23.4 Å². The molecule has 7 heterocycles. The maximum atomic E-state index is 12.0. The van der Waals surface area contributed by atoms with Crippen molar-refractivity contribution in [1.82, 2.24) is 0 Å². The number of hydrogen-bond acceptors (Lipinski definition) is 12. The molecule has 7 aliphatic heterocycles. The average molecular weight is 831 g/mol. The molecule has 1 unspecified atom stereocenters. The third-order valence-corrected chi connectivity index (χ3v) is 17.2. The van der Waals surface area contributed by atoms with Gasteiger partial charge in [0.05, 0.1) is 31.0 Å². The number of nitrogens with zero attached hydrogens (tertiary/aromatic N) is 1. The predicted molar refractivity (Wildman–Crippen MR) is 221 cm³/mol. The smallest absolute Gasteiger partial charge is 0.321 e. The van der Waals surface area contributed by atoms with E-state index in [1.165, 1.54) is 17.5 Å². The van der Waals surface area contributed by atoms with Gasteiger partial charge >= 0.3 is 5.97 Å². The summed E-state index contributed by atoms with van der Waals surface area (Å²) in [4.78, 5) is 17.2. The number of hydrogen-bond donors (Lipinski definition) is 5. The van der Waals surface area contributed by atoms with Gasteiger partial charge in [0.2, 0.25) is 5.79 Å². The summed E-state index contributed by atoms with van der Waals surface area (Å²) >= 11 is 1.39. The Hall–Kier alpha value is -1.39. The van der Waals surface area contributed by atoms with Crippen LogP contribution in [-0.2, 0) is 28.5 Å². The molecule has 13 heteroatoms. The maximum Gasteiger partial charge on any atom is 0.321 e. The van der Waals surface area contributed by atoms with Gasteiger partial charge in [0.15, 0.2) is 11.6 Å². The molecule has 326 valence electrons. The normalized spacial score (nSPS) is 48.1. The summed E-state index contributed by atoms with van der Waals surface area (Å²) in [6, 6.07) is -1.03. The first-order valence-corrected chi connectivity index (χ1v) is 23.5. The van der Waals surface area contributed by atoms with E-state index in [4.69, 9.17) is 34.4 Å². The summed E-state index contributed by atoms with van der Waals surface area (Å²) in [6.45, 7) is 13.7. The highest BCUT2D eigenvalue weighted by atomic mass is 32.2. The Morgan fingerprint density at radius 3 is 2.50 bits per heavy atom. The first-order valence-electron chi connectivity index (χ1n) is 22.4. The first kappa shape index (κ1) is 43.3. The largest absolute Gasteiger partial charge is 0.480 e. The van der Waals surface area contributed by atoms with Crippen LogP contribution in [0.2, 0.25) is 0 Å². The lowest BCUT2D eigenvalue weighted by molar-refractivity contribution is -0.403. The van der Waals surface area contributed by atoms with Gasteiger partial charge < -0.3 is 49.8 Å². The van der Waals surface area contributed by atoms with Crippen molar-refractivity contribution in [2.75, 3.05) is 18.9 Å². The van der Waals surface area contributed by atoms with Gasteiger partial charge in [-0.25, -0.2) is 0 Å². The molecule has 0 aromatic rings. The number of aliphatic imine (C=N–C) groups is 1. The number of nitrogens with two attached hydrogens (primary N) is 1. The summed E-state index contributed by atoms with van der Waals surface area (Å²) in [5.41, 5.74) is 7.80. The third kappa shape index (κ3) is 7.94. The Labute approximate surface area is 349 Å². The monoisotopic (exact) mass is 830 g/mol. The number of carboxylic acids is 1. The number of aliphatic carboxylic acids is 1. The van der Waals surface area contributed by atoms with Crippen LogP contribution in [0.25, 0.3) is 0 Å². The molecular formula is C45H70N2O10S. The second-order valence-electron chi connectivity index (χ2n) is 20.0. The number of ether oxygens (including phenoxy) is 5. The molecule has 8 aliphatic rings. The van der Waals surface area contributed by atoms with Crippen molar-refractivity contribution in [2.24, 2.45) is 39.8 Å². The van der Waals surface area contributed by atoms with Crippen LogP contribution in [0.5, 0.6) is 0 Å². The lowest BCUT2D eigenvalue weighted by Crippen LogP contribution is -2.60. The van der Waals surface area contributed by atoms with Crippen molar-refractivity contribution in [3.05, 3.63) is 23.8 Å². The quantitative estimate of drug-likeness (QED) is 0.196. The molecular weight excluding hydrogens is 761 g/mol. The summed E-state index contributed by atoms with van der Waals surface area (Å²) in [5.74, 6) is -3.43. The van der Waals surface area contributed by atoms with E-state index >= 15 is 0 Å². The van der Waals surface area contributed by atoms with Crippen LogP contribution in [0.1, 0.15) is 130 Å². The van der Waals surface area contributed by atoms with Crippen LogP contribution >= 0.6 is 11.8 Å². The Bertz CT molecular complexity index is 1620. The van der Waals surface area contributed by atoms with E-state index in [1.807, 2.05) is 6.92 Å². The zero-order chi connectivity index (χ0) is 41.3. The van der Waals surface area contributed by atoms with Gasteiger partial charge in [-0.1, -0.05) is 44.6 Å². The second-order valence-corrected chi connectivity index (χ2v) is 21.3. The zero-order valence-electron chi connectivity index (χ0n) is 35.2. The number of carbonyl (C=O) groups is 1. The van der Waals surface area contributed by atoms with Crippen LogP contribution in [0.3, 0.4) is 0 Å². The topological polar surface area (TPSA) is 183 Å². The number of fused-ring (bicyclic) bond motifs is 6. The standard InChI is InChI=1S/C45H70N2O10S/c1-26-8-6-10-36-42(20-27(2)29(4)23-47-36)15-11-30(35(24-48)58-25-34(46)40(50)51)19-33(42)38-39-37(49)28(3)21-44(55-38,56-39)22-32-9-7-13-43(53-32)16-17-45(57-43)41(5,52)14-12-31(18-26)54-45/h19,27-29,31-35,37-39,48-49,52H,1,6-18,20-25,46H2,2-5H3,(H,50,51)/t27-,28+,29-,31-,32?,33+,34-,35-,37-,38+,39-,41+,42-,43+,44+,45-/m1/s1. The van der Waals surface area contributed by atoms with Crippen LogP contribution < -0.4 is 5.73 Å². The minimum Gasteiger partial charge on any atom is -0.480 e. The number of aliphatic hydroxyl groups is 3. The van der Waals surface area contributed by atoms with Crippen molar-refractivity contribution in [3.8, 4) is 0 Å². The number of carboxylic acid groups (broad SMARTS) is 1. The van der Waals surface area contributed by atoms with Gasteiger partial charge in [-0.2, -0.15) is 0 Å². The Balaban J connectivity index is 1.20. The number of thioether (sulfide) groups is 1. The summed E-state index contributed by atoms with van der Waals surface area (Å²) in [6.07, 6.45) is 11.7. The van der Waals surface area contributed by atoms with E-state index in [1.54, 1.807) is 0 Å². The molecule has 0 amide bonds. The van der Waals surface area contributed by atoms with Gasteiger partial charge in [-0.05, 0) is 95.3 Å². The van der Waals surface area contributed by atoms with E-state index in [0.717, 1.165) is 81.9 Å². The molecule has 0 aromatic heterocycles. The van der Waals surface area contributed by atoms with Crippen molar-refractivity contribution in [2.45, 2.75) is 195 Å². The Kier molecular flexibility index (Phi) is 12.2. The fourth-order valence-electron chi connectivity index (χ4n) is 12.2. The molecule has 7 bridgehead atoms. The SMILES string of the molecule is C=C1CCCC2=NC[C@@H](C)[C@H](C)C[C@@]23CCC([C@@H](CO)SC[C@@H](N)C(=O)O)=C[C@H]3[C@@H]2O[C@@]3(CC4CCC[C@]5(CC[C@@]6(O[C@H](CC[C@]6(C)O)C1)O5)O4)C[C@H](C)[C@@H](O)[C@H]2O3. The highest BCUT2D eigenvalue weighted by Gasteiger charge is 2.66. The van der Waals surface area contributed by atoms with Gasteiger partial charge in [0.25, 0.3) is 0 Å². The Morgan fingerprint density at radius 1 is 0.931 bits per heavy atom. The fraction of sp³-hybridized carbons (Fsp3) is 0.867. The zero-order valence-corrected chi connectivity index (χ0v) is 36.1. The van der Waals surface area contributed by atoms with Gasteiger partial charge in [-0.3, -0.25) is 9.79 Å². The molecule has 0 saturated carbocycles. The van der Waals surface area contributed by atoms with Crippen LogP contribution in [0, 0.1) is 29.1 Å². The fourth-order valence-corrected chi connectivity index (χ4v) is 13.3. The average Bonchev–Trinajstić information content (AvgIpc) is 3.65. The van der Waals surface area contributed by atoms with Gasteiger partial charge in [0.1, 0.15) is 17.7 Å².